The van der Waals surface area contributed by atoms with Gasteiger partial charge >= 0.3 is 0 Å². The van der Waals surface area contributed by atoms with Crippen molar-refractivity contribution in [2.45, 2.75) is 37.9 Å². The summed E-state index contributed by atoms with van der Waals surface area (Å²) in [5, 5.41) is 18.9. The van der Waals surface area contributed by atoms with Gasteiger partial charge in [-0.3, -0.25) is 0 Å². The normalized spacial score (nSPS) is 35.2. The van der Waals surface area contributed by atoms with E-state index in [2.05, 4.69) is 0 Å². The van der Waals surface area contributed by atoms with Crippen molar-refractivity contribution in [3.8, 4) is 0 Å². The SMILES string of the molecule is CCC1OC(c2ccco2)OC(CO)C1O. The van der Waals surface area contributed by atoms with E-state index in [1.54, 1.807) is 12.1 Å². The topological polar surface area (TPSA) is 72.1 Å². The number of aliphatic hydroxyl groups excluding tert-OH is 2. The summed E-state index contributed by atoms with van der Waals surface area (Å²) in [7, 11) is 0. The molecule has 0 spiro atoms. The first-order valence-corrected chi connectivity index (χ1v) is 5.39. The van der Waals surface area contributed by atoms with Crippen LogP contribution in [0.1, 0.15) is 25.4 Å². The quantitative estimate of drug-likeness (QED) is 0.801. The van der Waals surface area contributed by atoms with Crippen molar-refractivity contribution in [1.82, 2.24) is 0 Å². The molecule has 16 heavy (non-hydrogen) atoms. The molecule has 90 valence electrons. The van der Waals surface area contributed by atoms with Gasteiger partial charge in [-0.2, -0.15) is 0 Å². The maximum atomic E-state index is 9.80. The Kier molecular flexibility index (Phi) is 3.60. The maximum Gasteiger partial charge on any atom is 0.218 e. The molecule has 1 saturated heterocycles. The molecule has 4 atom stereocenters. The molecule has 0 amide bonds. The second-order valence-corrected chi connectivity index (χ2v) is 3.78. The highest BCUT2D eigenvalue weighted by atomic mass is 16.7. The van der Waals surface area contributed by atoms with Gasteiger partial charge in [0.2, 0.25) is 6.29 Å². The third-order valence-electron chi connectivity index (χ3n) is 2.72. The summed E-state index contributed by atoms with van der Waals surface area (Å²) in [6.07, 6.45) is -0.253. The summed E-state index contributed by atoms with van der Waals surface area (Å²) < 4.78 is 16.1. The molecule has 0 radical (unpaired) electrons. The van der Waals surface area contributed by atoms with Crippen LogP contribution in [0.2, 0.25) is 0 Å². The standard InChI is InChI=1S/C11H16O5/c1-2-7-10(13)9(6-12)16-11(15-7)8-4-3-5-14-8/h3-5,7,9-13H,2,6H2,1H3. The average molecular weight is 228 g/mol. The number of aliphatic hydroxyl groups is 2. The van der Waals surface area contributed by atoms with Gasteiger partial charge in [0.05, 0.1) is 19.0 Å². The van der Waals surface area contributed by atoms with Gasteiger partial charge in [-0.15, -0.1) is 0 Å². The second kappa shape index (κ2) is 4.97. The van der Waals surface area contributed by atoms with E-state index in [-0.39, 0.29) is 12.7 Å². The highest BCUT2D eigenvalue weighted by Gasteiger charge is 2.38. The highest BCUT2D eigenvalue weighted by Crippen LogP contribution is 2.31. The van der Waals surface area contributed by atoms with Crippen LogP contribution in [0.4, 0.5) is 0 Å². The van der Waals surface area contributed by atoms with E-state index in [9.17, 15) is 5.11 Å². The molecule has 0 bridgehead atoms. The van der Waals surface area contributed by atoms with Gasteiger partial charge < -0.3 is 24.1 Å². The van der Waals surface area contributed by atoms with Crippen molar-refractivity contribution in [2.24, 2.45) is 0 Å². The molecule has 1 aromatic heterocycles. The van der Waals surface area contributed by atoms with Crippen molar-refractivity contribution in [3.63, 3.8) is 0 Å². The van der Waals surface area contributed by atoms with Crippen molar-refractivity contribution >= 4 is 0 Å². The Balaban J connectivity index is 2.12. The van der Waals surface area contributed by atoms with E-state index in [1.165, 1.54) is 6.26 Å². The molecule has 1 aliphatic heterocycles. The van der Waals surface area contributed by atoms with Crippen molar-refractivity contribution < 1.29 is 24.1 Å². The van der Waals surface area contributed by atoms with Gasteiger partial charge in [0.15, 0.2) is 5.76 Å². The molecule has 0 aromatic carbocycles. The van der Waals surface area contributed by atoms with Crippen molar-refractivity contribution in [2.75, 3.05) is 6.61 Å². The van der Waals surface area contributed by atoms with Gasteiger partial charge in [-0.25, -0.2) is 0 Å². The summed E-state index contributed by atoms with van der Waals surface area (Å²) in [5.41, 5.74) is 0. The fourth-order valence-electron chi connectivity index (χ4n) is 1.80. The zero-order chi connectivity index (χ0) is 11.5. The molecule has 4 unspecified atom stereocenters. The first kappa shape index (κ1) is 11.6. The van der Waals surface area contributed by atoms with E-state index >= 15 is 0 Å². The van der Waals surface area contributed by atoms with Crippen LogP contribution >= 0.6 is 0 Å². The molecule has 0 aliphatic carbocycles. The first-order valence-electron chi connectivity index (χ1n) is 5.39. The van der Waals surface area contributed by atoms with Crippen LogP contribution in [-0.4, -0.2) is 35.1 Å². The van der Waals surface area contributed by atoms with Gasteiger partial charge in [0.25, 0.3) is 0 Å². The lowest BCUT2D eigenvalue weighted by Crippen LogP contribution is -2.48. The summed E-state index contributed by atoms with van der Waals surface area (Å²) in [6.45, 7) is 1.67. The Morgan fingerprint density at radius 1 is 1.31 bits per heavy atom. The molecule has 0 saturated carbocycles. The molecule has 2 heterocycles. The third kappa shape index (κ3) is 2.12. The number of rotatable bonds is 3. The van der Waals surface area contributed by atoms with Gasteiger partial charge in [0, 0.05) is 0 Å². The van der Waals surface area contributed by atoms with E-state index in [0.717, 1.165) is 0 Å². The van der Waals surface area contributed by atoms with E-state index in [0.29, 0.717) is 12.2 Å². The molecular weight excluding hydrogens is 212 g/mol. The van der Waals surface area contributed by atoms with Crippen LogP contribution in [0.25, 0.3) is 0 Å². The predicted molar refractivity (Wildman–Crippen MR) is 54.6 cm³/mol. The van der Waals surface area contributed by atoms with Crippen molar-refractivity contribution in [3.05, 3.63) is 24.2 Å². The van der Waals surface area contributed by atoms with Crippen LogP contribution in [0.3, 0.4) is 0 Å². The van der Waals surface area contributed by atoms with Gasteiger partial charge in [-0.05, 0) is 18.6 Å². The molecule has 2 N–H and O–H groups in total. The Labute approximate surface area is 93.6 Å². The Bertz CT molecular complexity index is 296. The van der Waals surface area contributed by atoms with Crippen LogP contribution in [0.15, 0.2) is 22.8 Å². The van der Waals surface area contributed by atoms with E-state index in [1.807, 2.05) is 6.92 Å². The largest absolute Gasteiger partial charge is 0.464 e. The molecule has 1 aliphatic rings. The molecular formula is C11H16O5. The maximum absolute atomic E-state index is 9.80. The van der Waals surface area contributed by atoms with Crippen LogP contribution in [-0.2, 0) is 9.47 Å². The Morgan fingerprint density at radius 3 is 2.62 bits per heavy atom. The number of ether oxygens (including phenoxy) is 2. The lowest BCUT2D eigenvalue weighted by Gasteiger charge is -2.37. The summed E-state index contributed by atoms with van der Waals surface area (Å²) >= 11 is 0. The zero-order valence-electron chi connectivity index (χ0n) is 9.07. The Morgan fingerprint density at radius 2 is 2.06 bits per heavy atom. The fraction of sp³-hybridized carbons (Fsp3) is 0.636. The van der Waals surface area contributed by atoms with E-state index in [4.69, 9.17) is 19.0 Å². The molecule has 5 nitrogen and oxygen atoms in total. The average Bonchev–Trinajstić information content (AvgIpc) is 2.83. The number of hydrogen-bond donors (Lipinski definition) is 2. The fourth-order valence-corrected chi connectivity index (χ4v) is 1.80. The second-order valence-electron chi connectivity index (χ2n) is 3.78. The monoisotopic (exact) mass is 228 g/mol. The zero-order valence-corrected chi connectivity index (χ0v) is 9.07. The van der Waals surface area contributed by atoms with E-state index < -0.39 is 18.5 Å². The lowest BCUT2D eigenvalue weighted by atomic mass is 10.0. The molecule has 1 aromatic rings. The lowest BCUT2D eigenvalue weighted by molar-refractivity contribution is -0.299. The summed E-state index contributed by atoms with van der Waals surface area (Å²) in [6, 6.07) is 3.48. The molecule has 1 fully saturated rings. The minimum absolute atomic E-state index is 0.238. The summed E-state index contributed by atoms with van der Waals surface area (Å²) in [5.74, 6) is 0.545. The third-order valence-corrected chi connectivity index (χ3v) is 2.72. The van der Waals surface area contributed by atoms with Crippen LogP contribution in [0, 0.1) is 0 Å². The highest BCUT2D eigenvalue weighted by molar-refractivity contribution is 5.01. The smallest absolute Gasteiger partial charge is 0.218 e. The number of hydrogen-bond acceptors (Lipinski definition) is 5. The summed E-state index contributed by atoms with van der Waals surface area (Å²) in [4.78, 5) is 0. The minimum atomic E-state index is -0.804. The molecule has 5 heteroatoms. The minimum Gasteiger partial charge on any atom is -0.464 e. The number of furan rings is 1. The first-order chi connectivity index (χ1) is 7.76. The molecule has 2 rings (SSSR count). The Hall–Kier alpha value is -0.880. The van der Waals surface area contributed by atoms with Crippen LogP contribution in [0.5, 0.6) is 0 Å². The van der Waals surface area contributed by atoms with Crippen LogP contribution < -0.4 is 0 Å². The van der Waals surface area contributed by atoms with Gasteiger partial charge in [0.1, 0.15) is 12.2 Å². The predicted octanol–water partition coefficient (Wildman–Crippen LogP) is 0.825. The van der Waals surface area contributed by atoms with Gasteiger partial charge in [-0.1, -0.05) is 6.92 Å². The van der Waals surface area contributed by atoms with Crippen molar-refractivity contribution in [1.29, 1.82) is 0 Å².